The lowest BCUT2D eigenvalue weighted by molar-refractivity contribution is 0.272. The number of hydrogen-bond acceptors (Lipinski definition) is 4. The van der Waals surface area contributed by atoms with Crippen LogP contribution in [0.5, 0.6) is 0 Å². The van der Waals surface area contributed by atoms with Crippen molar-refractivity contribution < 1.29 is 0 Å². The largest absolute Gasteiger partial charge is 0.300 e. The molecule has 0 saturated carbocycles. The number of hydrogen-bond donors (Lipinski definition) is 0. The van der Waals surface area contributed by atoms with E-state index < -0.39 is 0 Å². The van der Waals surface area contributed by atoms with Crippen molar-refractivity contribution >= 4 is 22.4 Å². The molecule has 2 aliphatic rings. The molecule has 0 radical (unpaired) electrons. The van der Waals surface area contributed by atoms with Crippen molar-refractivity contribution in [3.8, 4) is 0 Å². The smallest absolute Gasteiger partial charge is 0.113 e. The lowest BCUT2D eigenvalue weighted by atomic mass is 9.84. The Hall–Kier alpha value is -2.53. The number of benzene rings is 2. The average Bonchev–Trinajstić information content (AvgIpc) is 3.33. The highest BCUT2D eigenvalue weighted by molar-refractivity contribution is 5.95. The number of likely N-dealkylation sites (tertiary alicyclic amines) is 1. The zero-order valence-corrected chi connectivity index (χ0v) is 17.6. The van der Waals surface area contributed by atoms with Crippen molar-refractivity contribution in [1.82, 2.24) is 19.9 Å². The molecule has 1 aromatic heterocycles. The predicted molar refractivity (Wildman–Crippen MR) is 118 cm³/mol. The van der Waals surface area contributed by atoms with E-state index in [-0.39, 0.29) is 5.54 Å². The summed E-state index contributed by atoms with van der Waals surface area (Å²) in [5.74, 6) is 0. The summed E-state index contributed by atoms with van der Waals surface area (Å²) < 4.78 is 2.06. The number of rotatable bonds is 4. The van der Waals surface area contributed by atoms with Crippen LogP contribution in [-0.4, -0.2) is 44.7 Å². The molecule has 2 aliphatic heterocycles. The molecule has 5 rings (SSSR count). The highest BCUT2D eigenvalue weighted by atomic mass is 15.5. The van der Waals surface area contributed by atoms with Crippen molar-refractivity contribution in [1.29, 1.82) is 0 Å². The normalized spacial score (nSPS) is 24.7. The van der Waals surface area contributed by atoms with Crippen LogP contribution in [0.4, 0.5) is 5.69 Å². The SMILES string of the molecule is CC1=Nc2ccc(CCN3CCC[C@H]3C)cc2CC1(C)n1nnc2ccccc21. The standard InChI is InChI=1S/C24H29N5/c1-17-7-6-13-28(17)14-12-19-10-11-21-20(15-19)16-24(3,18(2)25-21)29-23-9-5-4-8-22(23)26-27-29/h4-5,8-11,15,17H,6-7,12-14,16H2,1-3H3/t17-,24?/m1/s1. The monoisotopic (exact) mass is 387 g/mol. The Labute approximate surface area is 172 Å². The van der Waals surface area contributed by atoms with Crippen LogP contribution in [0.15, 0.2) is 47.5 Å². The molecule has 1 saturated heterocycles. The summed E-state index contributed by atoms with van der Waals surface area (Å²) in [4.78, 5) is 7.59. The second-order valence-corrected chi connectivity index (χ2v) is 8.88. The van der Waals surface area contributed by atoms with Gasteiger partial charge in [-0.15, -0.1) is 5.10 Å². The number of aromatic nitrogens is 3. The molecule has 1 unspecified atom stereocenters. The van der Waals surface area contributed by atoms with E-state index in [1.54, 1.807) is 0 Å². The Kier molecular flexibility index (Phi) is 4.50. The molecule has 2 aromatic carbocycles. The lowest BCUT2D eigenvalue weighted by Gasteiger charge is -2.34. The van der Waals surface area contributed by atoms with Gasteiger partial charge in [-0.2, -0.15) is 0 Å². The molecule has 5 nitrogen and oxygen atoms in total. The molecule has 150 valence electrons. The third-order valence-corrected chi connectivity index (χ3v) is 6.94. The van der Waals surface area contributed by atoms with Crippen LogP contribution < -0.4 is 0 Å². The fourth-order valence-corrected chi connectivity index (χ4v) is 4.90. The van der Waals surface area contributed by atoms with Crippen molar-refractivity contribution in [3.63, 3.8) is 0 Å². The molecule has 3 heterocycles. The maximum atomic E-state index is 4.97. The Morgan fingerprint density at radius 3 is 2.86 bits per heavy atom. The van der Waals surface area contributed by atoms with E-state index >= 15 is 0 Å². The first kappa shape index (κ1) is 18.5. The highest BCUT2D eigenvalue weighted by Crippen LogP contribution is 2.36. The summed E-state index contributed by atoms with van der Waals surface area (Å²) >= 11 is 0. The van der Waals surface area contributed by atoms with E-state index in [1.165, 1.54) is 30.5 Å². The fourth-order valence-electron chi connectivity index (χ4n) is 4.90. The van der Waals surface area contributed by atoms with E-state index in [9.17, 15) is 0 Å². The molecule has 0 spiro atoms. The fraction of sp³-hybridized carbons (Fsp3) is 0.458. The maximum absolute atomic E-state index is 4.97. The summed E-state index contributed by atoms with van der Waals surface area (Å²) in [6.07, 6.45) is 4.66. The molecule has 3 aromatic rings. The quantitative estimate of drug-likeness (QED) is 0.661. The summed E-state index contributed by atoms with van der Waals surface area (Å²) in [6.45, 7) is 9.09. The van der Waals surface area contributed by atoms with Crippen LogP contribution in [0.2, 0.25) is 0 Å². The predicted octanol–water partition coefficient (Wildman–Crippen LogP) is 4.52. The average molecular weight is 388 g/mol. The van der Waals surface area contributed by atoms with Gasteiger partial charge in [0.2, 0.25) is 0 Å². The minimum atomic E-state index is -0.300. The van der Waals surface area contributed by atoms with Crippen LogP contribution in [0.25, 0.3) is 11.0 Å². The summed E-state index contributed by atoms with van der Waals surface area (Å²) in [5.41, 5.74) is 6.59. The third-order valence-electron chi connectivity index (χ3n) is 6.94. The van der Waals surface area contributed by atoms with Gasteiger partial charge in [0.05, 0.1) is 11.2 Å². The topological polar surface area (TPSA) is 46.3 Å². The Morgan fingerprint density at radius 2 is 2.03 bits per heavy atom. The van der Waals surface area contributed by atoms with Crippen molar-refractivity contribution in [2.45, 2.75) is 58.0 Å². The maximum Gasteiger partial charge on any atom is 0.113 e. The molecular formula is C24H29N5. The van der Waals surface area contributed by atoms with E-state index in [0.29, 0.717) is 0 Å². The summed E-state index contributed by atoms with van der Waals surface area (Å²) in [6, 6.07) is 15.7. The summed E-state index contributed by atoms with van der Waals surface area (Å²) in [5, 5.41) is 8.89. The van der Waals surface area contributed by atoms with Gasteiger partial charge in [-0.25, -0.2) is 4.68 Å². The van der Waals surface area contributed by atoms with Crippen LogP contribution in [0.1, 0.15) is 44.7 Å². The second kappa shape index (κ2) is 7.06. The van der Waals surface area contributed by atoms with Crippen LogP contribution in [0.3, 0.4) is 0 Å². The minimum absolute atomic E-state index is 0.300. The molecule has 1 fully saturated rings. The van der Waals surface area contributed by atoms with Crippen molar-refractivity contribution in [2.75, 3.05) is 13.1 Å². The van der Waals surface area contributed by atoms with Gasteiger partial charge in [-0.05, 0) is 75.9 Å². The van der Waals surface area contributed by atoms with E-state index in [0.717, 1.165) is 47.9 Å². The van der Waals surface area contributed by atoms with Gasteiger partial charge in [0.1, 0.15) is 11.1 Å². The van der Waals surface area contributed by atoms with Crippen molar-refractivity contribution in [2.24, 2.45) is 4.99 Å². The molecule has 0 amide bonds. The molecular weight excluding hydrogens is 358 g/mol. The molecule has 0 N–H and O–H groups in total. The molecule has 2 atom stereocenters. The van der Waals surface area contributed by atoms with Gasteiger partial charge in [0.25, 0.3) is 0 Å². The first-order valence-corrected chi connectivity index (χ1v) is 10.8. The zero-order valence-electron chi connectivity index (χ0n) is 17.6. The van der Waals surface area contributed by atoms with E-state index in [1.807, 2.05) is 18.2 Å². The van der Waals surface area contributed by atoms with E-state index in [4.69, 9.17) is 4.99 Å². The zero-order chi connectivity index (χ0) is 20.0. The molecule has 5 heteroatoms. The minimum Gasteiger partial charge on any atom is -0.300 e. The third kappa shape index (κ3) is 3.18. The Morgan fingerprint density at radius 1 is 1.17 bits per heavy atom. The van der Waals surface area contributed by atoms with Gasteiger partial charge in [0, 0.05) is 24.7 Å². The molecule has 0 bridgehead atoms. The number of fused-ring (bicyclic) bond motifs is 2. The van der Waals surface area contributed by atoms with Gasteiger partial charge in [-0.3, -0.25) is 4.99 Å². The van der Waals surface area contributed by atoms with Crippen LogP contribution >= 0.6 is 0 Å². The Bertz CT molecular complexity index is 1080. The summed E-state index contributed by atoms with van der Waals surface area (Å²) in [7, 11) is 0. The van der Waals surface area contributed by atoms with Gasteiger partial charge >= 0.3 is 0 Å². The van der Waals surface area contributed by atoms with E-state index in [2.05, 4.69) is 64.9 Å². The van der Waals surface area contributed by atoms with Crippen LogP contribution in [0, 0.1) is 0 Å². The number of aliphatic imine (C=N–C) groups is 1. The Balaban J connectivity index is 1.44. The van der Waals surface area contributed by atoms with Gasteiger partial charge in [0.15, 0.2) is 0 Å². The number of para-hydroxylation sites is 1. The molecule has 29 heavy (non-hydrogen) atoms. The second-order valence-electron chi connectivity index (χ2n) is 8.88. The van der Waals surface area contributed by atoms with Gasteiger partial charge < -0.3 is 4.90 Å². The van der Waals surface area contributed by atoms with Crippen molar-refractivity contribution in [3.05, 3.63) is 53.6 Å². The van der Waals surface area contributed by atoms with Crippen LogP contribution in [-0.2, 0) is 18.4 Å². The molecule has 0 aliphatic carbocycles. The lowest BCUT2D eigenvalue weighted by Crippen LogP contribution is -2.42. The highest BCUT2D eigenvalue weighted by Gasteiger charge is 2.36. The first-order valence-electron chi connectivity index (χ1n) is 10.8. The number of nitrogens with zero attached hydrogens (tertiary/aromatic N) is 5. The van der Waals surface area contributed by atoms with Gasteiger partial charge in [-0.1, -0.05) is 29.5 Å². The first-order chi connectivity index (χ1) is 14.0.